The number of anilines is 3. The molecule has 31 heavy (non-hydrogen) atoms. The lowest BCUT2D eigenvalue weighted by Crippen LogP contribution is -2.20. The van der Waals surface area contributed by atoms with Gasteiger partial charge >= 0.3 is 0 Å². The standard InChI is InChI=1S/C24H21N5O2/c1-15-7-3-6-10-19(15)28-22-20(12-18(14-27-22)23(30)25-2)29-24(31)21-11-16-8-4-5-9-17(16)13-26-21/h3-14H,1-2H3,(H,25,30)(H,27,28)(H,29,31). The highest BCUT2D eigenvalue weighted by molar-refractivity contribution is 6.07. The van der Waals surface area contributed by atoms with Gasteiger partial charge in [-0.1, -0.05) is 42.5 Å². The van der Waals surface area contributed by atoms with Gasteiger partial charge in [-0.25, -0.2) is 4.98 Å². The smallest absolute Gasteiger partial charge is 0.274 e. The third-order valence-electron chi connectivity index (χ3n) is 4.89. The second kappa shape index (κ2) is 8.62. The number of amides is 2. The summed E-state index contributed by atoms with van der Waals surface area (Å²) in [6.07, 6.45) is 3.12. The van der Waals surface area contributed by atoms with Gasteiger partial charge in [0, 0.05) is 30.5 Å². The van der Waals surface area contributed by atoms with Crippen molar-refractivity contribution < 1.29 is 9.59 Å². The minimum absolute atomic E-state index is 0.269. The van der Waals surface area contributed by atoms with Crippen LogP contribution in [0, 0.1) is 6.92 Å². The molecule has 154 valence electrons. The van der Waals surface area contributed by atoms with E-state index in [9.17, 15) is 9.59 Å². The number of aromatic nitrogens is 2. The molecule has 2 aromatic heterocycles. The molecule has 0 radical (unpaired) electrons. The normalized spacial score (nSPS) is 10.5. The fourth-order valence-electron chi connectivity index (χ4n) is 3.16. The van der Waals surface area contributed by atoms with Gasteiger partial charge in [0.05, 0.1) is 11.3 Å². The maximum Gasteiger partial charge on any atom is 0.274 e. The van der Waals surface area contributed by atoms with Crippen molar-refractivity contribution in [3.63, 3.8) is 0 Å². The first-order chi connectivity index (χ1) is 15.0. The van der Waals surface area contributed by atoms with E-state index in [1.54, 1.807) is 25.4 Å². The fourth-order valence-corrected chi connectivity index (χ4v) is 3.16. The van der Waals surface area contributed by atoms with Gasteiger partial charge in [0.1, 0.15) is 5.69 Å². The van der Waals surface area contributed by atoms with E-state index in [2.05, 4.69) is 25.9 Å². The van der Waals surface area contributed by atoms with E-state index in [0.29, 0.717) is 17.1 Å². The molecule has 0 atom stereocenters. The third kappa shape index (κ3) is 4.35. The molecule has 0 fully saturated rings. The Morgan fingerprint density at radius 3 is 2.32 bits per heavy atom. The summed E-state index contributed by atoms with van der Waals surface area (Å²) in [7, 11) is 1.54. The fraction of sp³-hybridized carbons (Fsp3) is 0.0833. The van der Waals surface area contributed by atoms with Crippen LogP contribution in [0.25, 0.3) is 10.8 Å². The van der Waals surface area contributed by atoms with Crippen molar-refractivity contribution in [1.82, 2.24) is 15.3 Å². The molecule has 4 rings (SSSR count). The van der Waals surface area contributed by atoms with Gasteiger partial charge in [0.15, 0.2) is 5.82 Å². The Bertz CT molecular complexity index is 1290. The lowest BCUT2D eigenvalue weighted by molar-refractivity contribution is 0.0961. The zero-order valence-electron chi connectivity index (χ0n) is 17.1. The van der Waals surface area contributed by atoms with E-state index >= 15 is 0 Å². The molecule has 0 aliphatic heterocycles. The molecule has 0 unspecified atom stereocenters. The molecule has 0 aliphatic rings. The minimum atomic E-state index is -0.394. The van der Waals surface area contributed by atoms with Gasteiger partial charge in [0.25, 0.3) is 11.8 Å². The predicted octanol–water partition coefficient (Wildman–Crippen LogP) is 4.29. The van der Waals surface area contributed by atoms with Crippen molar-refractivity contribution in [2.24, 2.45) is 0 Å². The van der Waals surface area contributed by atoms with Crippen LogP contribution >= 0.6 is 0 Å². The van der Waals surface area contributed by atoms with Gasteiger partial charge in [-0.05, 0) is 36.1 Å². The molecule has 7 nitrogen and oxygen atoms in total. The van der Waals surface area contributed by atoms with Gasteiger partial charge in [0.2, 0.25) is 0 Å². The SMILES string of the molecule is CNC(=O)c1cnc(Nc2ccccc2C)c(NC(=O)c2cc3ccccc3cn2)c1. The quantitative estimate of drug-likeness (QED) is 0.455. The molecule has 4 aromatic rings. The van der Waals surface area contributed by atoms with Crippen molar-refractivity contribution in [3.05, 3.63) is 89.9 Å². The van der Waals surface area contributed by atoms with Crippen LogP contribution in [0.15, 0.2) is 73.1 Å². The maximum atomic E-state index is 13.0. The monoisotopic (exact) mass is 411 g/mol. The highest BCUT2D eigenvalue weighted by Gasteiger charge is 2.15. The number of carbonyl (C=O) groups is 2. The van der Waals surface area contributed by atoms with E-state index in [1.807, 2.05) is 55.5 Å². The van der Waals surface area contributed by atoms with E-state index in [0.717, 1.165) is 22.0 Å². The Labute approximate surface area is 179 Å². The number of pyridine rings is 2. The van der Waals surface area contributed by atoms with Crippen LogP contribution in [0.1, 0.15) is 26.4 Å². The first-order valence-corrected chi connectivity index (χ1v) is 9.76. The minimum Gasteiger partial charge on any atom is -0.355 e. The summed E-state index contributed by atoms with van der Waals surface area (Å²) in [5.41, 5.74) is 2.85. The maximum absolute atomic E-state index is 13.0. The van der Waals surface area contributed by atoms with Crippen LogP contribution in [0.3, 0.4) is 0 Å². The van der Waals surface area contributed by atoms with Gasteiger partial charge < -0.3 is 16.0 Å². The number of hydrogen-bond donors (Lipinski definition) is 3. The average molecular weight is 411 g/mol. The average Bonchev–Trinajstić information content (AvgIpc) is 2.80. The number of rotatable bonds is 5. The van der Waals surface area contributed by atoms with E-state index in [4.69, 9.17) is 0 Å². The molecule has 2 heterocycles. The van der Waals surface area contributed by atoms with Crippen molar-refractivity contribution in [2.45, 2.75) is 6.92 Å². The molecular weight excluding hydrogens is 390 g/mol. The Balaban J connectivity index is 1.69. The topological polar surface area (TPSA) is 96.0 Å². The summed E-state index contributed by atoms with van der Waals surface area (Å²) >= 11 is 0. The van der Waals surface area contributed by atoms with Gasteiger partial charge in [-0.15, -0.1) is 0 Å². The number of carbonyl (C=O) groups excluding carboxylic acids is 2. The number of nitrogens with one attached hydrogen (secondary N) is 3. The molecule has 3 N–H and O–H groups in total. The number of benzene rings is 2. The Morgan fingerprint density at radius 2 is 1.55 bits per heavy atom. The molecule has 2 amide bonds. The largest absolute Gasteiger partial charge is 0.355 e. The Kier molecular flexibility index (Phi) is 5.57. The summed E-state index contributed by atoms with van der Waals surface area (Å²) in [5.74, 6) is -0.264. The molecule has 0 aliphatic carbocycles. The number of aryl methyl sites for hydroxylation is 1. The molecule has 0 saturated carbocycles. The first-order valence-electron chi connectivity index (χ1n) is 9.76. The van der Waals surface area contributed by atoms with Crippen LogP contribution in [-0.4, -0.2) is 28.8 Å². The Hall–Kier alpha value is -4.26. The van der Waals surface area contributed by atoms with Crippen LogP contribution in [-0.2, 0) is 0 Å². The van der Waals surface area contributed by atoms with Crippen molar-refractivity contribution in [1.29, 1.82) is 0 Å². The summed E-state index contributed by atoms with van der Waals surface area (Å²) in [6.45, 7) is 1.97. The zero-order chi connectivity index (χ0) is 21.8. The molecule has 0 spiro atoms. The summed E-state index contributed by atoms with van der Waals surface area (Å²) in [4.78, 5) is 33.7. The summed E-state index contributed by atoms with van der Waals surface area (Å²) in [6, 6.07) is 18.7. The predicted molar refractivity (Wildman–Crippen MR) is 122 cm³/mol. The summed E-state index contributed by atoms with van der Waals surface area (Å²) in [5, 5.41) is 10.5. The van der Waals surface area contributed by atoms with Gasteiger partial charge in [-0.3, -0.25) is 14.6 Å². The Morgan fingerprint density at radius 1 is 0.806 bits per heavy atom. The van der Waals surface area contributed by atoms with Crippen LogP contribution in [0.2, 0.25) is 0 Å². The van der Waals surface area contributed by atoms with Crippen molar-refractivity contribution in [3.8, 4) is 0 Å². The number of nitrogens with zero attached hydrogens (tertiary/aromatic N) is 2. The highest BCUT2D eigenvalue weighted by atomic mass is 16.2. The highest BCUT2D eigenvalue weighted by Crippen LogP contribution is 2.27. The van der Waals surface area contributed by atoms with E-state index in [-0.39, 0.29) is 11.6 Å². The first kappa shape index (κ1) is 20.0. The summed E-state index contributed by atoms with van der Waals surface area (Å²) < 4.78 is 0. The van der Waals surface area contributed by atoms with Crippen molar-refractivity contribution >= 4 is 39.8 Å². The molecule has 0 bridgehead atoms. The van der Waals surface area contributed by atoms with E-state index in [1.165, 1.54) is 6.20 Å². The third-order valence-corrected chi connectivity index (χ3v) is 4.89. The van der Waals surface area contributed by atoms with E-state index < -0.39 is 5.91 Å². The van der Waals surface area contributed by atoms with Crippen LogP contribution in [0.5, 0.6) is 0 Å². The van der Waals surface area contributed by atoms with Crippen LogP contribution < -0.4 is 16.0 Å². The second-order valence-corrected chi connectivity index (χ2v) is 7.01. The number of para-hydroxylation sites is 1. The lowest BCUT2D eigenvalue weighted by Gasteiger charge is -2.15. The van der Waals surface area contributed by atoms with Crippen molar-refractivity contribution in [2.75, 3.05) is 17.7 Å². The lowest BCUT2D eigenvalue weighted by atomic mass is 10.1. The van der Waals surface area contributed by atoms with Crippen LogP contribution in [0.4, 0.5) is 17.2 Å². The molecule has 0 saturated heterocycles. The number of hydrogen-bond acceptors (Lipinski definition) is 5. The molecule has 7 heteroatoms. The molecule has 2 aromatic carbocycles. The second-order valence-electron chi connectivity index (χ2n) is 7.01. The zero-order valence-corrected chi connectivity index (χ0v) is 17.1. The van der Waals surface area contributed by atoms with Gasteiger partial charge in [-0.2, -0.15) is 0 Å². The molecular formula is C24H21N5O2. The number of fused-ring (bicyclic) bond motifs is 1.